The van der Waals surface area contributed by atoms with Crippen LogP contribution in [0.2, 0.25) is 0 Å². The maximum Gasteiger partial charge on any atom is 0.410 e. The highest BCUT2D eigenvalue weighted by Crippen LogP contribution is 2.30. The molecule has 3 rings (SSSR count). The third-order valence-electron chi connectivity index (χ3n) is 5.51. The molecule has 0 spiro atoms. The summed E-state index contributed by atoms with van der Waals surface area (Å²) in [6.45, 7) is 5.05. The van der Waals surface area contributed by atoms with E-state index < -0.39 is 0 Å². The van der Waals surface area contributed by atoms with Crippen LogP contribution >= 0.6 is 22.6 Å². The zero-order valence-corrected chi connectivity index (χ0v) is 19.3. The summed E-state index contributed by atoms with van der Waals surface area (Å²) >= 11 is 2.47. The van der Waals surface area contributed by atoms with Gasteiger partial charge >= 0.3 is 6.09 Å². The van der Waals surface area contributed by atoms with E-state index in [4.69, 9.17) is 9.47 Å². The molecular formula is C24H30INO3. The fourth-order valence-electron chi connectivity index (χ4n) is 3.85. The molecule has 1 aliphatic rings. The van der Waals surface area contributed by atoms with Gasteiger partial charge in [-0.3, -0.25) is 4.90 Å². The molecule has 156 valence electrons. The average molecular weight is 507 g/mol. The van der Waals surface area contributed by atoms with Crippen molar-refractivity contribution in [2.75, 3.05) is 0 Å². The van der Waals surface area contributed by atoms with E-state index >= 15 is 0 Å². The summed E-state index contributed by atoms with van der Waals surface area (Å²) in [6, 6.07) is 19.9. The van der Waals surface area contributed by atoms with E-state index in [1.54, 1.807) is 0 Å². The van der Waals surface area contributed by atoms with E-state index in [2.05, 4.69) is 48.6 Å². The van der Waals surface area contributed by atoms with Gasteiger partial charge in [0.2, 0.25) is 0 Å². The minimum Gasteiger partial charge on any atom is -0.445 e. The molecule has 0 aromatic heterocycles. The van der Waals surface area contributed by atoms with E-state index in [0.29, 0.717) is 10.5 Å². The Hall–Kier alpha value is -1.60. The van der Waals surface area contributed by atoms with Crippen molar-refractivity contribution in [1.29, 1.82) is 0 Å². The smallest absolute Gasteiger partial charge is 0.410 e. The molecule has 29 heavy (non-hydrogen) atoms. The topological polar surface area (TPSA) is 38.8 Å². The lowest BCUT2D eigenvalue weighted by molar-refractivity contribution is -0.0767. The lowest BCUT2D eigenvalue weighted by Gasteiger charge is -2.41. The highest BCUT2D eigenvalue weighted by molar-refractivity contribution is 14.1. The van der Waals surface area contributed by atoms with Crippen molar-refractivity contribution in [3.8, 4) is 0 Å². The molecule has 4 atom stereocenters. The lowest BCUT2D eigenvalue weighted by atomic mass is 9.96. The molecule has 0 aliphatic carbocycles. The quantitative estimate of drug-likeness (QED) is 0.342. The largest absolute Gasteiger partial charge is 0.445 e. The molecule has 0 saturated carbocycles. The van der Waals surface area contributed by atoms with Crippen LogP contribution in [0.5, 0.6) is 0 Å². The second-order valence-corrected chi connectivity index (χ2v) is 9.20. The van der Waals surface area contributed by atoms with E-state index in [-0.39, 0.29) is 30.9 Å². The summed E-state index contributed by atoms with van der Waals surface area (Å²) in [5.74, 6) is 0. The zero-order valence-electron chi connectivity index (χ0n) is 17.2. The van der Waals surface area contributed by atoms with Gasteiger partial charge in [0.25, 0.3) is 0 Å². The molecule has 2 aromatic carbocycles. The second-order valence-electron chi connectivity index (χ2n) is 7.60. The van der Waals surface area contributed by atoms with Crippen LogP contribution in [0.25, 0.3) is 0 Å². The predicted molar refractivity (Wildman–Crippen MR) is 124 cm³/mol. The monoisotopic (exact) mass is 507 g/mol. The summed E-state index contributed by atoms with van der Waals surface area (Å²) in [7, 11) is 0. The number of rotatable bonds is 7. The Bertz CT molecular complexity index is 755. The molecule has 0 bridgehead atoms. The van der Waals surface area contributed by atoms with Crippen molar-refractivity contribution in [3.05, 3.63) is 71.8 Å². The van der Waals surface area contributed by atoms with Gasteiger partial charge in [-0.1, -0.05) is 90.2 Å². The number of nitrogens with zero attached hydrogens (tertiary/aromatic N) is 1. The number of amides is 1. The molecule has 4 nitrogen and oxygen atoms in total. The van der Waals surface area contributed by atoms with Gasteiger partial charge < -0.3 is 9.47 Å². The van der Waals surface area contributed by atoms with Gasteiger partial charge in [0.05, 0.1) is 18.2 Å². The van der Waals surface area contributed by atoms with Crippen molar-refractivity contribution in [3.63, 3.8) is 0 Å². The number of ether oxygens (including phenoxy) is 2. The van der Waals surface area contributed by atoms with Gasteiger partial charge in [-0.15, -0.1) is 0 Å². The van der Waals surface area contributed by atoms with Gasteiger partial charge in [0, 0.05) is 10.5 Å². The minimum absolute atomic E-state index is 0.00942. The van der Waals surface area contributed by atoms with Crippen LogP contribution in [0, 0.1) is 0 Å². The van der Waals surface area contributed by atoms with Gasteiger partial charge in [-0.2, -0.15) is 0 Å². The third-order valence-corrected chi connectivity index (χ3v) is 7.14. The Morgan fingerprint density at radius 3 is 2.31 bits per heavy atom. The normalized spacial score (nSPS) is 22.7. The first-order valence-corrected chi connectivity index (χ1v) is 11.6. The van der Waals surface area contributed by atoms with E-state index in [1.165, 1.54) is 0 Å². The fourth-order valence-corrected chi connectivity index (χ4v) is 4.38. The van der Waals surface area contributed by atoms with Gasteiger partial charge in [-0.05, 0) is 37.3 Å². The molecule has 1 fully saturated rings. The van der Waals surface area contributed by atoms with Gasteiger partial charge in [0.1, 0.15) is 6.61 Å². The first-order valence-electron chi connectivity index (χ1n) is 10.4. The molecule has 1 saturated heterocycles. The van der Waals surface area contributed by atoms with E-state index in [1.807, 2.05) is 53.4 Å². The van der Waals surface area contributed by atoms with Crippen LogP contribution in [-0.4, -0.2) is 33.2 Å². The van der Waals surface area contributed by atoms with Crippen molar-refractivity contribution in [2.24, 2.45) is 0 Å². The number of halogens is 1. The molecule has 2 aromatic rings. The van der Waals surface area contributed by atoms with Crippen molar-refractivity contribution < 1.29 is 14.3 Å². The van der Waals surface area contributed by atoms with Gasteiger partial charge in [-0.25, -0.2) is 4.79 Å². The van der Waals surface area contributed by atoms with E-state index in [9.17, 15) is 4.79 Å². The van der Waals surface area contributed by atoms with Crippen LogP contribution in [0.4, 0.5) is 4.79 Å². The van der Waals surface area contributed by atoms with E-state index in [0.717, 1.165) is 30.4 Å². The average Bonchev–Trinajstić information content (AvgIpc) is 2.75. The molecule has 0 N–H and O–H groups in total. The summed E-state index contributed by atoms with van der Waals surface area (Å²) in [6.07, 6.45) is 2.86. The number of alkyl halides is 1. The Kier molecular flexibility index (Phi) is 8.36. The van der Waals surface area contributed by atoms with Crippen LogP contribution < -0.4 is 0 Å². The van der Waals surface area contributed by atoms with Crippen LogP contribution in [-0.2, 0) is 22.6 Å². The number of carbonyl (C=O) groups excluding carboxylic acids is 1. The highest BCUT2D eigenvalue weighted by atomic mass is 127. The summed E-state index contributed by atoms with van der Waals surface area (Å²) < 4.78 is 12.6. The molecule has 0 radical (unpaired) electrons. The van der Waals surface area contributed by atoms with Crippen molar-refractivity contribution in [2.45, 2.75) is 68.4 Å². The lowest BCUT2D eigenvalue weighted by Crippen LogP contribution is -2.50. The SMILES string of the molecule is CCC(C1CCC(I)C(C)O1)N(Cc1ccccc1)C(=O)OCc1ccccc1. The molecule has 1 amide bonds. The number of hydrogen-bond acceptors (Lipinski definition) is 3. The van der Waals surface area contributed by atoms with Crippen LogP contribution in [0.15, 0.2) is 60.7 Å². The Labute approximate surface area is 187 Å². The third kappa shape index (κ3) is 6.19. The van der Waals surface area contributed by atoms with Gasteiger partial charge in [0.15, 0.2) is 0 Å². The first-order chi connectivity index (χ1) is 14.1. The molecule has 4 unspecified atom stereocenters. The Morgan fingerprint density at radius 2 is 1.72 bits per heavy atom. The molecule has 1 aliphatic heterocycles. The number of benzene rings is 2. The summed E-state index contributed by atoms with van der Waals surface area (Å²) in [5, 5.41) is 0. The maximum absolute atomic E-state index is 13.2. The second kappa shape index (κ2) is 11.0. The van der Waals surface area contributed by atoms with Crippen molar-refractivity contribution in [1.82, 2.24) is 4.90 Å². The highest BCUT2D eigenvalue weighted by Gasteiger charge is 2.36. The number of carbonyl (C=O) groups is 1. The number of hydrogen-bond donors (Lipinski definition) is 0. The summed E-state index contributed by atoms with van der Waals surface area (Å²) in [5.41, 5.74) is 2.09. The maximum atomic E-state index is 13.2. The van der Waals surface area contributed by atoms with Crippen LogP contribution in [0.1, 0.15) is 44.2 Å². The summed E-state index contributed by atoms with van der Waals surface area (Å²) in [4.78, 5) is 15.0. The van der Waals surface area contributed by atoms with Crippen molar-refractivity contribution >= 4 is 28.7 Å². The molecular weight excluding hydrogens is 477 g/mol. The standard InChI is InChI=1S/C24H30INO3/c1-3-22(23-15-14-21(25)18(2)29-23)26(16-19-10-6-4-7-11-19)24(27)28-17-20-12-8-5-9-13-20/h4-13,18,21-23H,3,14-17H2,1-2H3. The Morgan fingerprint density at radius 1 is 1.10 bits per heavy atom. The van der Waals surface area contributed by atoms with Crippen LogP contribution in [0.3, 0.4) is 0 Å². The fraction of sp³-hybridized carbons (Fsp3) is 0.458. The Balaban J connectivity index is 1.76. The first kappa shape index (κ1) is 22.1. The molecule has 1 heterocycles. The zero-order chi connectivity index (χ0) is 20.6. The minimum atomic E-state index is -0.280. The molecule has 5 heteroatoms. The predicted octanol–water partition coefficient (Wildman–Crippen LogP) is 5.98.